The molecule has 0 spiro atoms. The second kappa shape index (κ2) is 5.06. The predicted molar refractivity (Wildman–Crippen MR) is 73.5 cm³/mol. The number of aliphatic hydroxyl groups excluding tert-OH is 1. The molecule has 2 unspecified atom stereocenters. The van der Waals surface area contributed by atoms with Crippen LogP contribution in [-0.4, -0.2) is 40.6 Å². The second-order valence-corrected chi connectivity index (χ2v) is 6.77. The molecule has 3 N–H and O–H groups in total. The van der Waals surface area contributed by atoms with Gasteiger partial charge in [0.05, 0.1) is 11.5 Å². The number of carbonyl (C=O) groups is 1. The van der Waals surface area contributed by atoms with Crippen LogP contribution in [0, 0.1) is 5.41 Å². The third-order valence-electron chi connectivity index (χ3n) is 5.60. The maximum Gasteiger partial charge on any atom is 0.230 e. The monoisotopic (exact) mass is 266 g/mol. The molecule has 0 aromatic rings. The van der Waals surface area contributed by atoms with Crippen LogP contribution in [0.2, 0.25) is 0 Å². The number of carbonyl (C=O) groups excluding carboxylic acids is 1. The molecule has 1 amide bonds. The lowest BCUT2D eigenvalue weighted by atomic mass is 9.72. The summed E-state index contributed by atoms with van der Waals surface area (Å²) in [7, 11) is 0. The molecule has 2 heterocycles. The Kier molecular flexibility index (Phi) is 3.56. The molecule has 2 bridgehead atoms. The molecule has 4 heteroatoms. The summed E-state index contributed by atoms with van der Waals surface area (Å²) < 4.78 is 0. The van der Waals surface area contributed by atoms with Crippen molar-refractivity contribution in [3.8, 4) is 0 Å². The van der Waals surface area contributed by atoms with Gasteiger partial charge in [0.1, 0.15) is 0 Å². The Balaban J connectivity index is 1.79. The van der Waals surface area contributed by atoms with Gasteiger partial charge in [-0.2, -0.15) is 0 Å². The van der Waals surface area contributed by atoms with Crippen LogP contribution in [0.25, 0.3) is 0 Å². The molecule has 0 aromatic carbocycles. The van der Waals surface area contributed by atoms with Gasteiger partial charge in [0, 0.05) is 18.6 Å². The van der Waals surface area contributed by atoms with Crippen molar-refractivity contribution >= 4 is 5.91 Å². The van der Waals surface area contributed by atoms with E-state index in [2.05, 4.69) is 4.90 Å². The summed E-state index contributed by atoms with van der Waals surface area (Å²) in [6, 6.07) is 0.540. The number of hydrogen-bond donors (Lipinski definition) is 2. The summed E-state index contributed by atoms with van der Waals surface area (Å²) in [4.78, 5) is 15.2. The van der Waals surface area contributed by atoms with Crippen molar-refractivity contribution in [2.24, 2.45) is 11.1 Å². The fourth-order valence-corrected chi connectivity index (χ4v) is 4.49. The number of fused-ring (bicyclic) bond motifs is 2. The standard InChI is InChI=1S/C15H26N2O2/c16-10-15(6-2-1-3-7-15)14(19)17-11-4-5-12(17)9-13(18)8-11/h11-13,18H,1-10,16H2. The lowest BCUT2D eigenvalue weighted by Crippen LogP contribution is -2.56. The first kappa shape index (κ1) is 13.4. The SMILES string of the molecule is NCC1(C(=O)N2C3CCC2CC(O)C3)CCCCC1. The van der Waals surface area contributed by atoms with Crippen LogP contribution in [0.5, 0.6) is 0 Å². The van der Waals surface area contributed by atoms with Crippen molar-refractivity contribution in [1.29, 1.82) is 0 Å². The minimum Gasteiger partial charge on any atom is -0.393 e. The van der Waals surface area contributed by atoms with E-state index in [1.807, 2.05) is 0 Å². The Morgan fingerprint density at radius 3 is 2.26 bits per heavy atom. The zero-order chi connectivity index (χ0) is 13.5. The minimum absolute atomic E-state index is 0.207. The lowest BCUT2D eigenvalue weighted by molar-refractivity contribution is -0.150. The summed E-state index contributed by atoms with van der Waals surface area (Å²) >= 11 is 0. The Hall–Kier alpha value is -0.610. The molecule has 3 rings (SSSR count). The van der Waals surface area contributed by atoms with E-state index < -0.39 is 0 Å². The molecule has 2 atom stereocenters. The molecule has 108 valence electrons. The van der Waals surface area contributed by atoms with Crippen molar-refractivity contribution in [1.82, 2.24) is 4.90 Å². The molecule has 3 aliphatic rings. The van der Waals surface area contributed by atoms with Crippen LogP contribution in [0.3, 0.4) is 0 Å². The van der Waals surface area contributed by atoms with Crippen LogP contribution in [-0.2, 0) is 4.79 Å². The van der Waals surface area contributed by atoms with E-state index in [0.717, 1.165) is 51.4 Å². The molecule has 4 nitrogen and oxygen atoms in total. The van der Waals surface area contributed by atoms with Gasteiger partial charge < -0.3 is 15.7 Å². The molecule has 3 fully saturated rings. The fraction of sp³-hybridized carbons (Fsp3) is 0.933. The van der Waals surface area contributed by atoms with Gasteiger partial charge in [-0.1, -0.05) is 19.3 Å². The van der Waals surface area contributed by atoms with E-state index in [1.54, 1.807) is 0 Å². The van der Waals surface area contributed by atoms with Crippen molar-refractivity contribution in [3.05, 3.63) is 0 Å². The summed E-state index contributed by atoms with van der Waals surface area (Å²) in [5, 5.41) is 9.86. The van der Waals surface area contributed by atoms with Gasteiger partial charge in [0.2, 0.25) is 5.91 Å². The number of nitrogens with two attached hydrogens (primary N) is 1. The van der Waals surface area contributed by atoms with Crippen LogP contribution >= 0.6 is 0 Å². The quantitative estimate of drug-likeness (QED) is 0.794. The number of nitrogens with zero attached hydrogens (tertiary/aromatic N) is 1. The summed E-state index contributed by atoms with van der Waals surface area (Å²) in [6.45, 7) is 0.490. The van der Waals surface area contributed by atoms with Crippen LogP contribution in [0.15, 0.2) is 0 Å². The maximum atomic E-state index is 13.0. The van der Waals surface area contributed by atoms with E-state index in [0.29, 0.717) is 12.5 Å². The normalized spacial score (nSPS) is 37.4. The van der Waals surface area contributed by atoms with E-state index in [4.69, 9.17) is 5.73 Å². The molecule has 0 radical (unpaired) electrons. The van der Waals surface area contributed by atoms with Crippen LogP contribution in [0.4, 0.5) is 0 Å². The first-order chi connectivity index (χ1) is 9.16. The van der Waals surface area contributed by atoms with Gasteiger partial charge in [0.25, 0.3) is 0 Å². The highest BCUT2D eigenvalue weighted by atomic mass is 16.3. The van der Waals surface area contributed by atoms with Gasteiger partial charge in [-0.25, -0.2) is 0 Å². The fourth-order valence-electron chi connectivity index (χ4n) is 4.49. The third-order valence-corrected chi connectivity index (χ3v) is 5.60. The van der Waals surface area contributed by atoms with E-state index >= 15 is 0 Å². The average molecular weight is 266 g/mol. The van der Waals surface area contributed by atoms with Crippen LogP contribution in [0.1, 0.15) is 57.8 Å². The highest BCUT2D eigenvalue weighted by Crippen LogP contribution is 2.43. The van der Waals surface area contributed by atoms with E-state index in [9.17, 15) is 9.90 Å². The summed E-state index contributed by atoms with van der Waals surface area (Å²) in [6.07, 6.45) is 8.88. The number of amides is 1. The molecule has 19 heavy (non-hydrogen) atoms. The van der Waals surface area contributed by atoms with Crippen LogP contribution < -0.4 is 5.73 Å². The largest absolute Gasteiger partial charge is 0.393 e. The predicted octanol–water partition coefficient (Wildman–Crippen LogP) is 1.41. The first-order valence-corrected chi connectivity index (χ1v) is 7.87. The van der Waals surface area contributed by atoms with Crippen molar-refractivity contribution in [2.45, 2.75) is 76.0 Å². The summed E-state index contributed by atoms with van der Waals surface area (Å²) in [5.74, 6) is 0.300. The zero-order valence-corrected chi connectivity index (χ0v) is 11.7. The topological polar surface area (TPSA) is 66.6 Å². The Morgan fingerprint density at radius 2 is 1.74 bits per heavy atom. The third kappa shape index (κ3) is 2.19. The average Bonchev–Trinajstić information content (AvgIpc) is 2.70. The number of aliphatic hydroxyl groups is 1. The smallest absolute Gasteiger partial charge is 0.230 e. The zero-order valence-electron chi connectivity index (χ0n) is 11.7. The molecule has 1 aliphatic carbocycles. The number of rotatable bonds is 2. The first-order valence-electron chi connectivity index (χ1n) is 7.87. The molecule has 1 saturated carbocycles. The molecule has 2 saturated heterocycles. The molecular weight excluding hydrogens is 240 g/mol. The van der Waals surface area contributed by atoms with E-state index in [1.165, 1.54) is 6.42 Å². The van der Waals surface area contributed by atoms with Gasteiger partial charge in [0.15, 0.2) is 0 Å². The Bertz CT molecular complexity index is 338. The van der Waals surface area contributed by atoms with Crippen molar-refractivity contribution in [3.63, 3.8) is 0 Å². The molecule has 0 aromatic heterocycles. The summed E-state index contributed by atoms with van der Waals surface area (Å²) in [5.41, 5.74) is 5.70. The lowest BCUT2D eigenvalue weighted by Gasteiger charge is -2.44. The number of hydrogen-bond acceptors (Lipinski definition) is 3. The van der Waals surface area contributed by atoms with Gasteiger partial charge in [-0.3, -0.25) is 4.79 Å². The van der Waals surface area contributed by atoms with E-state index in [-0.39, 0.29) is 23.6 Å². The van der Waals surface area contributed by atoms with Gasteiger partial charge in [-0.15, -0.1) is 0 Å². The number of piperidine rings is 1. The Morgan fingerprint density at radius 1 is 1.16 bits per heavy atom. The van der Waals surface area contributed by atoms with Crippen molar-refractivity contribution < 1.29 is 9.90 Å². The highest BCUT2D eigenvalue weighted by Gasteiger charge is 2.49. The van der Waals surface area contributed by atoms with Gasteiger partial charge >= 0.3 is 0 Å². The maximum absolute atomic E-state index is 13.0. The molecular formula is C15H26N2O2. The molecule has 2 aliphatic heterocycles. The Labute approximate surface area is 115 Å². The van der Waals surface area contributed by atoms with Gasteiger partial charge in [-0.05, 0) is 38.5 Å². The minimum atomic E-state index is -0.290. The second-order valence-electron chi connectivity index (χ2n) is 6.77. The highest BCUT2D eigenvalue weighted by molar-refractivity contribution is 5.84. The van der Waals surface area contributed by atoms with Crippen molar-refractivity contribution in [2.75, 3.05) is 6.54 Å².